The zero-order valence-corrected chi connectivity index (χ0v) is 15.0. The Morgan fingerprint density at radius 3 is 2.30 bits per heavy atom. The van der Waals surface area contributed by atoms with Crippen molar-refractivity contribution in [1.29, 1.82) is 0 Å². The molecule has 130 valence electrons. The fraction of sp³-hybridized carbons (Fsp3) is 0.722. The second-order valence-electron chi connectivity index (χ2n) is 5.60. The van der Waals surface area contributed by atoms with E-state index in [9.17, 15) is 5.53 Å². The Labute approximate surface area is 140 Å². The van der Waals surface area contributed by atoms with E-state index in [4.69, 9.17) is 9.47 Å². The van der Waals surface area contributed by atoms with Gasteiger partial charge in [0.25, 0.3) is 0 Å². The minimum atomic E-state index is -0.319. The second kappa shape index (κ2) is 11.0. The number of hydrogen-bond acceptors (Lipinski definition) is 3. The van der Waals surface area contributed by atoms with Crippen molar-refractivity contribution < 1.29 is 14.3 Å². The molecule has 0 saturated heterocycles. The average Bonchev–Trinajstić information content (AvgIpc) is 2.57. The van der Waals surface area contributed by atoms with E-state index < -0.39 is 0 Å². The van der Waals surface area contributed by atoms with Crippen molar-refractivity contribution in [2.45, 2.75) is 59.5 Å². The highest BCUT2D eigenvalue weighted by molar-refractivity contribution is 5.97. The summed E-state index contributed by atoms with van der Waals surface area (Å²) in [6.07, 6.45) is 7.66. The lowest BCUT2D eigenvalue weighted by Gasteiger charge is -2.29. The second-order valence-corrected chi connectivity index (χ2v) is 5.60. The molecular weight excluding hydrogens is 290 g/mol. The van der Waals surface area contributed by atoms with Crippen molar-refractivity contribution in [1.82, 2.24) is 4.90 Å². The molecule has 0 aromatic heterocycles. The van der Waals surface area contributed by atoms with Gasteiger partial charge in [-0.3, -0.25) is 0 Å². The van der Waals surface area contributed by atoms with Gasteiger partial charge in [-0.2, -0.15) is 4.79 Å². The number of nitrogens with zero attached hydrogens (tertiary/aromatic N) is 3. The van der Waals surface area contributed by atoms with Gasteiger partial charge < -0.3 is 19.9 Å². The summed E-state index contributed by atoms with van der Waals surface area (Å²) in [5.41, 5.74) is 10.8. The van der Waals surface area contributed by atoms with Crippen molar-refractivity contribution in [2.24, 2.45) is 0 Å². The van der Waals surface area contributed by atoms with Gasteiger partial charge in [0.2, 0.25) is 0 Å². The summed E-state index contributed by atoms with van der Waals surface area (Å²) in [5.74, 6) is 0.769. The number of hydrogen-bond donors (Lipinski definition) is 0. The summed E-state index contributed by atoms with van der Waals surface area (Å²) in [5, 5.41) is 0. The first kappa shape index (κ1) is 19.5. The Bertz CT molecular complexity index is 461. The monoisotopic (exact) mass is 321 g/mol. The molecule has 0 aromatic carbocycles. The van der Waals surface area contributed by atoms with Crippen molar-refractivity contribution in [2.75, 3.05) is 26.3 Å². The molecule has 0 N–H and O–H groups in total. The molecule has 0 heterocycles. The quantitative estimate of drug-likeness (QED) is 0.330. The maximum Gasteiger partial charge on any atom is 0.328 e. The van der Waals surface area contributed by atoms with E-state index in [1.54, 1.807) is 6.08 Å². The van der Waals surface area contributed by atoms with Crippen LogP contribution < -0.4 is 0 Å². The van der Waals surface area contributed by atoms with Crippen LogP contribution in [0.1, 0.15) is 53.4 Å². The maximum absolute atomic E-state index is 9.31. The van der Waals surface area contributed by atoms with Crippen molar-refractivity contribution in [3.8, 4) is 0 Å². The van der Waals surface area contributed by atoms with Crippen LogP contribution in [0.5, 0.6) is 0 Å². The highest BCUT2D eigenvalue weighted by Crippen LogP contribution is 2.24. The molecule has 1 aliphatic carbocycles. The molecule has 0 radical (unpaired) electrons. The van der Waals surface area contributed by atoms with Crippen LogP contribution >= 0.6 is 0 Å². The fourth-order valence-electron chi connectivity index (χ4n) is 2.44. The van der Waals surface area contributed by atoms with Crippen LogP contribution in [-0.4, -0.2) is 47.8 Å². The lowest BCUT2D eigenvalue weighted by molar-refractivity contribution is -0.0237. The zero-order valence-electron chi connectivity index (χ0n) is 15.0. The molecule has 1 rings (SSSR count). The third kappa shape index (κ3) is 5.85. The molecular formula is C18H31N3O2. The van der Waals surface area contributed by atoms with Gasteiger partial charge in [-0.05, 0) is 32.8 Å². The largest absolute Gasteiger partial charge is 0.491 e. The van der Waals surface area contributed by atoms with Crippen molar-refractivity contribution in [3.63, 3.8) is 0 Å². The van der Waals surface area contributed by atoms with Crippen LogP contribution in [0.25, 0.3) is 5.53 Å². The van der Waals surface area contributed by atoms with Crippen molar-refractivity contribution in [3.05, 3.63) is 29.1 Å². The molecule has 0 fully saturated rings. The number of ether oxygens (including phenoxy) is 2. The fourth-order valence-corrected chi connectivity index (χ4v) is 2.44. The molecule has 5 nitrogen and oxygen atoms in total. The molecule has 5 heteroatoms. The molecule has 0 aromatic rings. The minimum Gasteiger partial charge on any atom is -0.491 e. The van der Waals surface area contributed by atoms with E-state index in [0.29, 0.717) is 18.9 Å². The first-order valence-corrected chi connectivity index (χ1v) is 8.86. The van der Waals surface area contributed by atoms with E-state index in [1.807, 2.05) is 6.08 Å². The Hall–Kier alpha value is -1.58. The Balaban J connectivity index is 2.98. The first-order valence-electron chi connectivity index (χ1n) is 8.86. The van der Waals surface area contributed by atoms with Crippen LogP contribution in [-0.2, 0) is 9.47 Å². The molecule has 1 unspecified atom stereocenters. The third-order valence-corrected chi connectivity index (χ3v) is 3.90. The summed E-state index contributed by atoms with van der Waals surface area (Å²) in [6, 6.07) is 0. The molecule has 23 heavy (non-hydrogen) atoms. The van der Waals surface area contributed by atoms with Gasteiger partial charge in [-0.1, -0.05) is 26.7 Å². The van der Waals surface area contributed by atoms with Gasteiger partial charge in [0.15, 0.2) is 6.10 Å². The lowest BCUT2D eigenvalue weighted by Crippen LogP contribution is -2.33. The van der Waals surface area contributed by atoms with E-state index in [0.717, 1.165) is 50.2 Å². The first-order chi connectivity index (χ1) is 11.2. The molecule has 0 amide bonds. The summed E-state index contributed by atoms with van der Waals surface area (Å²) < 4.78 is 11.8. The van der Waals surface area contributed by atoms with E-state index in [1.165, 1.54) is 0 Å². The molecule has 1 atom stereocenters. The van der Waals surface area contributed by atoms with Crippen molar-refractivity contribution >= 4 is 5.71 Å². The lowest BCUT2D eigenvalue weighted by atomic mass is 10.0. The molecule has 0 aliphatic heterocycles. The smallest absolute Gasteiger partial charge is 0.328 e. The minimum absolute atomic E-state index is 0.319. The van der Waals surface area contributed by atoms with Crippen LogP contribution in [0.3, 0.4) is 0 Å². The SMILES string of the molecule is CCCCOC1=CC(=[N+]=[N-])C(OCCCC)C=C1N(CC)CC. The normalized spacial score (nSPS) is 17.4. The Morgan fingerprint density at radius 2 is 1.74 bits per heavy atom. The molecule has 0 spiro atoms. The van der Waals surface area contributed by atoms with Gasteiger partial charge in [0, 0.05) is 19.7 Å². The standard InChI is InChI=1S/C18H31N3O2/c1-5-9-11-22-17-14-16(21(7-3)8-4)18(13-15(17)20-19)23-12-10-6-2/h13-14,17H,5-12H2,1-4H3. The molecule has 0 bridgehead atoms. The van der Waals surface area contributed by atoms with Crippen LogP contribution in [0, 0.1) is 0 Å². The topological polar surface area (TPSA) is 58.1 Å². The summed E-state index contributed by atoms with van der Waals surface area (Å²) >= 11 is 0. The Kier molecular flexibility index (Phi) is 9.34. The highest BCUT2D eigenvalue weighted by Gasteiger charge is 2.30. The molecule has 1 aliphatic rings. The number of unbranched alkanes of at least 4 members (excludes halogenated alkanes) is 2. The van der Waals surface area contributed by atoms with E-state index in [-0.39, 0.29) is 6.10 Å². The Morgan fingerprint density at radius 1 is 1.09 bits per heavy atom. The summed E-state index contributed by atoms with van der Waals surface area (Å²) in [7, 11) is 0. The van der Waals surface area contributed by atoms with E-state index >= 15 is 0 Å². The molecule has 0 saturated carbocycles. The number of likely N-dealkylation sites (N-methyl/N-ethyl adjacent to an activating group) is 1. The van der Waals surface area contributed by atoms with Gasteiger partial charge in [0.1, 0.15) is 5.76 Å². The van der Waals surface area contributed by atoms with Crippen LogP contribution in [0.2, 0.25) is 0 Å². The predicted molar refractivity (Wildman–Crippen MR) is 93.2 cm³/mol. The average molecular weight is 321 g/mol. The summed E-state index contributed by atoms with van der Waals surface area (Å²) in [6.45, 7) is 11.6. The van der Waals surface area contributed by atoms with Gasteiger partial charge in [-0.25, -0.2) is 0 Å². The highest BCUT2D eigenvalue weighted by atomic mass is 16.5. The van der Waals surface area contributed by atoms with Gasteiger partial charge in [0.05, 0.1) is 18.4 Å². The van der Waals surface area contributed by atoms with Gasteiger partial charge in [-0.15, -0.1) is 0 Å². The van der Waals surface area contributed by atoms with Crippen LogP contribution in [0.15, 0.2) is 23.6 Å². The third-order valence-electron chi connectivity index (χ3n) is 3.90. The number of rotatable bonds is 11. The maximum atomic E-state index is 9.31. The van der Waals surface area contributed by atoms with Crippen LogP contribution in [0.4, 0.5) is 0 Å². The van der Waals surface area contributed by atoms with Gasteiger partial charge >= 0.3 is 5.71 Å². The van der Waals surface area contributed by atoms with E-state index in [2.05, 4.69) is 37.4 Å². The predicted octanol–water partition coefficient (Wildman–Crippen LogP) is 3.78. The summed E-state index contributed by atoms with van der Waals surface area (Å²) in [4.78, 5) is 5.64. The zero-order chi connectivity index (χ0) is 17.1.